The SMILES string of the molecule is CCOC(N)CC1c2ccccc2-c2ccccc21. The second kappa shape index (κ2) is 5.16. The Morgan fingerprint density at radius 1 is 1.00 bits per heavy atom. The molecule has 1 unspecified atom stereocenters. The molecule has 0 amide bonds. The van der Waals surface area contributed by atoms with Crippen molar-refractivity contribution in [3.8, 4) is 11.1 Å². The molecule has 2 aromatic carbocycles. The molecule has 0 fully saturated rings. The van der Waals surface area contributed by atoms with Crippen molar-refractivity contribution in [3.63, 3.8) is 0 Å². The van der Waals surface area contributed by atoms with Crippen LogP contribution >= 0.6 is 0 Å². The predicted molar refractivity (Wildman–Crippen MR) is 77.9 cm³/mol. The Labute approximate surface area is 114 Å². The summed E-state index contributed by atoms with van der Waals surface area (Å²) in [7, 11) is 0. The summed E-state index contributed by atoms with van der Waals surface area (Å²) in [5.74, 6) is 0.356. The van der Waals surface area contributed by atoms with E-state index >= 15 is 0 Å². The van der Waals surface area contributed by atoms with Crippen LogP contribution in [0.1, 0.15) is 30.4 Å². The van der Waals surface area contributed by atoms with Crippen LogP contribution in [0.25, 0.3) is 11.1 Å². The van der Waals surface area contributed by atoms with Crippen molar-refractivity contribution in [2.45, 2.75) is 25.5 Å². The van der Waals surface area contributed by atoms with E-state index < -0.39 is 0 Å². The van der Waals surface area contributed by atoms with E-state index in [0.717, 1.165) is 6.42 Å². The van der Waals surface area contributed by atoms with E-state index in [9.17, 15) is 0 Å². The second-order valence-corrected chi connectivity index (χ2v) is 4.96. The number of hydrogen-bond acceptors (Lipinski definition) is 2. The first kappa shape index (κ1) is 12.4. The van der Waals surface area contributed by atoms with Crippen LogP contribution in [0.5, 0.6) is 0 Å². The van der Waals surface area contributed by atoms with Gasteiger partial charge in [0.25, 0.3) is 0 Å². The van der Waals surface area contributed by atoms with Gasteiger partial charge in [0.1, 0.15) is 6.23 Å². The zero-order valence-corrected chi connectivity index (χ0v) is 11.2. The zero-order valence-electron chi connectivity index (χ0n) is 11.2. The third-order valence-corrected chi connectivity index (χ3v) is 3.81. The van der Waals surface area contributed by atoms with Crippen molar-refractivity contribution in [1.82, 2.24) is 0 Å². The summed E-state index contributed by atoms with van der Waals surface area (Å²) in [5, 5.41) is 0. The first-order valence-corrected chi connectivity index (χ1v) is 6.86. The lowest BCUT2D eigenvalue weighted by molar-refractivity contribution is 0.0590. The summed E-state index contributed by atoms with van der Waals surface area (Å²) in [4.78, 5) is 0. The van der Waals surface area contributed by atoms with Gasteiger partial charge in [0.05, 0.1) is 0 Å². The largest absolute Gasteiger partial charge is 0.364 e. The van der Waals surface area contributed by atoms with Crippen molar-refractivity contribution < 1.29 is 4.74 Å². The fourth-order valence-corrected chi connectivity index (χ4v) is 3.03. The highest BCUT2D eigenvalue weighted by Gasteiger charge is 2.29. The highest BCUT2D eigenvalue weighted by molar-refractivity contribution is 5.78. The van der Waals surface area contributed by atoms with Gasteiger partial charge in [-0.1, -0.05) is 48.5 Å². The molecule has 2 N–H and O–H groups in total. The summed E-state index contributed by atoms with van der Waals surface area (Å²) in [6.07, 6.45) is 0.635. The van der Waals surface area contributed by atoms with Crippen molar-refractivity contribution in [2.75, 3.05) is 6.61 Å². The number of hydrogen-bond donors (Lipinski definition) is 1. The molecule has 0 aromatic heterocycles. The Hall–Kier alpha value is -1.64. The van der Waals surface area contributed by atoms with Crippen molar-refractivity contribution in [3.05, 3.63) is 59.7 Å². The van der Waals surface area contributed by atoms with Gasteiger partial charge in [-0.3, -0.25) is 0 Å². The lowest BCUT2D eigenvalue weighted by Gasteiger charge is -2.18. The van der Waals surface area contributed by atoms with E-state index in [2.05, 4.69) is 48.5 Å². The number of nitrogens with two attached hydrogens (primary N) is 1. The predicted octanol–water partition coefficient (Wildman–Crippen LogP) is 3.51. The van der Waals surface area contributed by atoms with Gasteiger partial charge in [0.15, 0.2) is 0 Å². The average molecular weight is 253 g/mol. The van der Waals surface area contributed by atoms with Crippen molar-refractivity contribution >= 4 is 0 Å². The Bertz CT molecular complexity index is 533. The maximum absolute atomic E-state index is 6.06. The molecule has 0 bridgehead atoms. The maximum atomic E-state index is 6.06. The molecule has 2 heteroatoms. The monoisotopic (exact) mass is 253 g/mol. The Morgan fingerprint density at radius 3 is 2.05 bits per heavy atom. The van der Waals surface area contributed by atoms with Gasteiger partial charge in [0.2, 0.25) is 0 Å². The average Bonchev–Trinajstić information content (AvgIpc) is 2.75. The zero-order chi connectivity index (χ0) is 13.2. The van der Waals surface area contributed by atoms with Crippen LogP contribution in [0.15, 0.2) is 48.5 Å². The molecule has 0 radical (unpaired) electrons. The van der Waals surface area contributed by atoms with Crippen LogP contribution in [-0.4, -0.2) is 12.8 Å². The molecule has 0 aliphatic heterocycles. The molecule has 0 saturated carbocycles. The number of benzene rings is 2. The van der Waals surface area contributed by atoms with Crippen LogP contribution in [0.3, 0.4) is 0 Å². The van der Waals surface area contributed by atoms with Crippen molar-refractivity contribution in [1.29, 1.82) is 0 Å². The molecule has 0 saturated heterocycles. The minimum atomic E-state index is -0.200. The Balaban J connectivity index is 2.00. The molecule has 1 atom stereocenters. The third kappa shape index (κ3) is 2.18. The van der Waals surface area contributed by atoms with Gasteiger partial charge in [-0.15, -0.1) is 0 Å². The van der Waals surface area contributed by atoms with E-state index in [1.165, 1.54) is 22.3 Å². The summed E-state index contributed by atoms with van der Waals surface area (Å²) in [6, 6.07) is 17.2. The van der Waals surface area contributed by atoms with Gasteiger partial charge >= 0.3 is 0 Å². The molecule has 2 nitrogen and oxygen atoms in total. The van der Waals surface area contributed by atoms with Gasteiger partial charge in [-0.05, 0) is 35.6 Å². The van der Waals surface area contributed by atoms with Crippen LogP contribution in [0.4, 0.5) is 0 Å². The highest BCUT2D eigenvalue weighted by Crippen LogP contribution is 2.46. The summed E-state index contributed by atoms with van der Waals surface area (Å²) >= 11 is 0. The van der Waals surface area contributed by atoms with Gasteiger partial charge < -0.3 is 10.5 Å². The fourth-order valence-electron chi connectivity index (χ4n) is 3.03. The van der Waals surface area contributed by atoms with Crippen LogP contribution in [0, 0.1) is 0 Å². The van der Waals surface area contributed by atoms with Gasteiger partial charge in [-0.25, -0.2) is 0 Å². The van der Waals surface area contributed by atoms with Crippen LogP contribution in [0.2, 0.25) is 0 Å². The standard InChI is InChI=1S/C17H19NO/c1-2-19-17(18)11-16-14-9-5-3-7-12(14)13-8-4-6-10-15(13)16/h3-10,16-17H,2,11,18H2,1H3. The van der Waals surface area contributed by atoms with Gasteiger partial charge in [0, 0.05) is 12.5 Å². The van der Waals surface area contributed by atoms with E-state index in [1.807, 2.05) is 6.92 Å². The normalized spacial score (nSPS) is 15.1. The lowest BCUT2D eigenvalue weighted by atomic mass is 9.93. The molecule has 2 aromatic rings. The molecule has 0 spiro atoms. The Kier molecular flexibility index (Phi) is 3.36. The first-order chi connectivity index (χ1) is 9.31. The molecule has 98 valence electrons. The molecular formula is C17H19NO. The maximum Gasteiger partial charge on any atom is 0.106 e. The number of rotatable bonds is 4. The summed E-state index contributed by atoms with van der Waals surface area (Å²) in [5.41, 5.74) is 11.5. The lowest BCUT2D eigenvalue weighted by Crippen LogP contribution is -2.26. The third-order valence-electron chi connectivity index (χ3n) is 3.81. The van der Waals surface area contributed by atoms with E-state index in [0.29, 0.717) is 12.5 Å². The molecular weight excluding hydrogens is 234 g/mol. The van der Waals surface area contributed by atoms with Gasteiger partial charge in [-0.2, -0.15) is 0 Å². The second-order valence-electron chi connectivity index (χ2n) is 4.96. The number of ether oxygens (including phenoxy) is 1. The van der Waals surface area contributed by atoms with Crippen molar-refractivity contribution in [2.24, 2.45) is 5.73 Å². The molecule has 0 heterocycles. The fraction of sp³-hybridized carbons (Fsp3) is 0.294. The topological polar surface area (TPSA) is 35.2 Å². The van der Waals surface area contributed by atoms with Crippen LogP contribution < -0.4 is 5.73 Å². The minimum absolute atomic E-state index is 0.200. The van der Waals surface area contributed by atoms with E-state index in [1.54, 1.807) is 0 Å². The minimum Gasteiger partial charge on any atom is -0.364 e. The Morgan fingerprint density at radius 2 is 1.53 bits per heavy atom. The first-order valence-electron chi connectivity index (χ1n) is 6.86. The molecule has 3 rings (SSSR count). The quantitative estimate of drug-likeness (QED) is 0.846. The molecule has 19 heavy (non-hydrogen) atoms. The van der Waals surface area contributed by atoms with Crippen LogP contribution in [-0.2, 0) is 4.74 Å². The smallest absolute Gasteiger partial charge is 0.106 e. The van der Waals surface area contributed by atoms with E-state index in [-0.39, 0.29) is 6.23 Å². The number of fused-ring (bicyclic) bond motifs is 3. The van der Waals surface area contributed by atoms with E-state index in [4.69, 9.17) is 10.5 Å². The summed E-state index contributed by atoms with van der Waals surface area (Å²) in [6.45, 7) is 2.65. The molecule has 1 aliphatic carbocycles. The summed E-state index contributed by atoms with van der Waals surface area (Å²) < 4.78 is 5.51. The highest BCUT2D eigenvalue weighted by atomic mass is 16.5. The molecule has 1 aliphatic rings.